The van der Waals surface area contributed by atoms with Crippen molar-refractivity contribution < 1.29 is 9.90 Å². The van der Waals surface area contributed by atoms with Crippen molar-refractivity contribution in [2.24, 2.45) is 0 Å². The van der Waals surface area contributed by atoms with Crippen LogP contribution in [0, 0.1) is 0 Å². The highest BCUT2D eigenvalue weighted by atomic mass is 16.3. The molecule has 13 heavy (non-hydrogen) atoms. The number of rotatable bonds is 3. The van der Waals surface area contributed by atoms with Crippen molar-refractivity contribution in [2.75, 3.05) is 5.73 Å². The summed E-state index contributed by atoms with van der Waals surface area (Å²) in [4.78, 5) is 10.00. The van der Waals surface area contributed by atoms with Gasteiger partial charge in [0.25, 0.3) is 0 Å². The second-order valence-corrected chi connectivity index (χ2v) is 2.62. The van der Waals surface area contributed by atoms with E-state index in [0.717, 1.165) is 11.8 Å². The van der Waals surface area contributed by atoms with Gasteiger partial charge in [-0.05, 0) is 17.7 Å². The van der Waals surface area contributed by atoms with E-state index in [1.807, 2.05) is 0 Å². The van der Waals surface area contributed by atoms with E-state index < -0.39 is 0 Å². The van der Waals surface area contributed by atoms with Gasteiger partial charge in [-0.2, -0.15) is 0 Å². The zero-order valence-electron chi connectivity index (χ0n) is 7.10. The van der Waals surface area contributed by atoms with Crippen LogP contribution in [0.3, 0.4) is 0 Å². The molecule has 68 valence electrons. The van der Waals surface area contributed by atoms with Crippen LogP contribution in [-0.4, -0.2) is 11.4 Å². The number of aromatic hydroxyl groups is 1. The van der Waals surface area contributed by atoms with Crippen molar-refractivity contribution in [3.8, 4) is 5.75 Å². The fourth-order valence-corrected chi connectivity index (χ4v) is 0.924. The Balaban J connectivity index is 2.79. The minimum atomic E-state index is 0.0632. The summed E-state index contributed by atoms with van der Waals surface area (Å²) in [7, 11) is 0. The maximum atomic E-state index is 10.00. The average Bonchev–Trinajstić information content (AvgIpc) is 2.12. The Hall–Kier alpha value is -1.77. The molecule has 0 unspecified atom stereocenters. The third-order valence-corrected chi connectivity index (χ3v) is 1.60. The normalized spacial score (nSPS) is 10.5. The standard InChI is InChI=1S/C10H11NO2/c11-9-5-4-8(7-10(9)13)3-1-2-6-12/h1,3-7,13H,2,11H2. The first kappa shape index (κ1) is 9.32. The molecule has 1 aromatic rings. The van der Waals surface area contributed by atoms with Gasteiger partial charge in [-0.15, -0.1) is 0 Å². The molecule has 1 aromatic carbocycles. The van der Waals surface area contributed by atoms with Gasteiger partial charge in [0.1, 0.15) is 12.0 Å². The summed E-state index contributed by atoms with van der Waals surface area (Å²) in [5, 5.41) is 9.23. The Kier molecular flexibility index (Phi) is 3.09. The first-order valence-electron chi connectivity index (χ1n) is 3.92. The zero-order chi connectivity index (χ0) is 9.68. The number of carbonyl (C=O) groups is 1. The summed E-state index contributed by atoms with van der Waals surface area (Å²) in [6.07, 6.45) is 4.67. The number of phenols is 1. The molecule has 0 radical (unpaired) electrons. The molecule has 0 aromatic heterocycles. The van der Waals surface area contributed by atoms with Crippen LogP contribution < -0.4 is 5.73 Å². The summed E-state index contributed by atoms with van der Waals surface area (Å²) < 4.78 is 0. The maximum absolute atomic E-state index is 10.00. The SMILES string of the molecule is Nc1ccc(C=CCC=O)cc1O. The predicted molar refractivity (Wildman–Crippen MR) is 52.2 cm³/mol. The van der Waals surface area contributed by atoms with E-state index in [1.54, 1.807) is 30.4 Å². The molecule has 0 aliphatic rings. The minimum absolute atomic E-state index is 0.0632. The molecule has 0 atom stereocenters. The summed E-state index contributed by atoms with van der Waals surface area (Å²) in [6, 6.07) is 4.95. The minimum Gasteiger partial charge on any atom is -0.506 e. The van der Waals surface area contributed by atoms with Gasteiger partial charge in [0.2, 0.25) is 0 Å². The molecule has 0 heterocycles. The smallest absolute Gasteiger partial charge is 0.139 e. The Bertz CT molecular complexity index is 332. The number of nitrogen functional groups attached to an aromatic ring is 1. The second-order valence-electron chi connectivity index (χ2n) is 2.62. The van der Waals surface area contributed by atoms with Crippen LogP contribution in [0.25, 0.3) is 6.08 Å². The van der Waals surface area contributed by atoms with Crippen LogP contribution >= 0.6 is 0 Å². The van der Waals surface area contributed by atoms with Gasteiger partial charge in [0.15, 0.2) is 0 Å². The number of hydrogen-bond donors (Lipinski definition) is 2. The molecule has 0 saturated heterocycles. The number of carbonyl (C=O) groups excluding carboxylic acids is 1. The van der Waals surface area contributed by atoms with Crippen molar-refractivity contribution in [1.82, 2.24) is 0 Å². The molecule has 0 bridgehead atoms. The molecular formula is C10H11NO2. The molecule has 3 nitrogen and oxygen atoms in total. The number of aldehydes is 1. The van der Waals surface area contributed by atoms with Crippen molar-refractivity contribution in [2.45, 2.75) is 6.42 Å². The van der Waals surface area contributed by atoms with Crippen LogP contribution in [0.15, 0.2) is 24.3 Å². The fraction of sp³-hybridized carbons (Fsp3) is 0.100. The summed E-state index contributed by atoms with van der Waals surface area (Å²) in [5.74, 6) is 0.0632. The molecule has 1 rings (SSSR count). The van der Waals surface area contributed by atoms with Crippen LogP contribution in [0.4, 0.5) is 5.69 Å². The van der Waals surface area contributed by atoms with Gasteiger partial charge in [-0.25, -0.2) is 0 Å². The lowest BCUT2D eigenvalue weighted by Crippen LogP contribution is -1.85. The Morgan fingerprint density at radius 1 is 1.46 bits per heavy atom. The molecule has 0 saturated carbocycles. The molecule has 0 aliphatic carbocycles. The fourth-order valence-electron chi connectivity index (χ4n) is 0.924. The van der Waals surface area contributed by atoms with Crippen molar-refractivity contribution in [3.63, 3.8) is 0 Å². The summed E-state index contributed by atoms with van der Waals surface area (Å²) in [6.45, 7) is 0. The third-order valence-electron chi connectivity index (χ3n) is 1.60. The van der Waals surface area contributed by atoms with E-state index in [4.69, 9.17) is 5.73 Å². The van der Waals surface area contributed by atoms with E-state index in [9.17, 15) is 9.90 Å². The number of hydrogen-bond acceptors (Lipinski definition) is 3. The number of allylic oxidation sites excluding steroid dienone is 1. The number of nitrogens with two attached hydrogens (primary N) is 1. The molecule has 0 amide bonds. The van der Waals surface area contributed by atoms with Gasteiger partial charge in [0, 0.05) is 6.42 Å². The predicted octanol–water partition coefficient (Wildman–Crippen LogP) is 1.58. The summed E-state index contributed by atoms with van der Waals surface area (Å²) >= 11 is 0. The largest absolute Gasteiger partial charge is 0.506 e. The monoisotopic (exact) mass is 177 g/mol. The number of benzene rings is 1. The Morgan fingerprint density at radius 3 is 2.85 bits per heavy atom. The zero-order valence-corrected chi connectivity index (χ0v) is 7.10. The quantitative estimate of drug-likeness (QED) is 0.418. The van der Waals surface area contributed by atoms with E-state index in [-0.39, 0.29) is 5.75 Å². The second kappa shape index (κ2) is 4.30. The van der Waals surface area contributed by atoms with Gasteiger partial charge in [0.05, 0.1) is 5.69 Å². The average molecular weight is 177 g/mol. The van der Waals surface area contributed by atoms with E-state index >= 15 is 0 Å². The van der Waals surface area contributed by atoms with Crippen LogP contribution in [0.5, 0.6) is 5.75 Å². The number of phenolic OH excluding ortho intramolecular Hbond substituents is 1. The highest BCUT2D eigenvalue weighted by Gasteiger charge is 1.95. The first-order valence-corrected chi connectivity index (χ1v) is 3.92. The molecule has 0 aliphatic heterocycles. The van der Waals surface area contributed by atoms with E-state index in [1.165, 1.54) is 0 Å². The molecule has 3 N–H and O–H groups in total. The highest BCUT2D eigenvalue weighted by Crippen LogP contribution is 2.21. The van der Waals surface area contributed by atoms with Crippen molar-refractivity contribution in [1.29, 1.82) is 0 Å². The topological polar surface area (TPSA) is 63.3 Å². The third kappa shape index (κ3) is 2.63. The highest BCUT2D eigenvalue weighted by molar-refractivity contribution is 5.62. The lowest BCUT2D eigenvalue weighted by atomic mass is 10.1. The Morgan fingerprint density at radius 2 is 2.23 bits per heavy atom. The first-order chi connectivity index (χ1) is 6.24. The van der Waals surface area contributed by atoms with Crippen LogP contribution in [0.2, 0.25) is 0 Å². The molecule has 3 heteroatoms. The Labute approximate surface area is 76.5 Å². The van der Waals surface area contributed by atoms with E-state index in [0.29, 0.717) is 12.1 Å². The van der Waals surface area contributed by atoms with Crippen molar-refractivity contribution in [3.05, 3.63) is 29.8 Å². The molecule has 0 spiro atoms. The van der Waals surface area contributed by atoms with Gasteiger partial charge in [-0.1, -0.05) is 18.2 Å². The van der Waals surface area contributed by atoms with Crippen LogP contribution in [-0.2, 0) is 4.79 Å². The van der Waals surface area contributed by atoms with Crippen molar-refractivity contribution >= 4 is 18.0 Å². The van der Waals surface area contributed by atoms with Crippen LogP contribution in [0.1, 0.15) is 12.0 Å². The maximum Gasteiger partial charge on any atom is 0.139 e. The molecule has 0 fully saturated rings. The van der Waals surface area contributed by atoms with Gasteiger partial charge < -0.3 is 15.6 Å². The number of anilines is 1. The lowest BCUT2D eigenvalue weighted by molar-refractivity contribution is -0.107. The lowest BCUT2D eigenvalue weighted by Gasteiger charge is -1.98. The molecular weight excluding hydrogens is 166 g/mol. The van der Waals surface area contributed by atoms with Gasteiger partial charge in [-0.3, -0.25) is 0 Å². The van der Waals surface area contributed by atoms with Gasteiger partial charge >= 0.3 is 0 Å². The summed E-state index contributed by atoms with van der Waals surface area (Å²) in [5.41, 5.74) is 6.59. The van der Waals surface area contributed by atoms with E-state index in [2.05, 4.69) is 0 Å².